The van der Waals surface area contributed by atoms with Gasteiger partial charge in [-0.3, -0.25) is 38.4 Å². The second kappa shape index (κ2) is 51.8. The van der Waals surface area contributed by atoms with Crippen LogP contribution in [0.2, 0.25) is 0 Å². The highest BCUT2D eigenvalue weighted by molar-refractivity contribution is 6.01. The average molecular weight is 1860 g/mol. The highest BCUT2D eigenvalue weighted by Gasteiger charge is 2.49. The Kier molecular flexibility index (Phi) is 39.8. The Bertz CT molecular complexity index is 4940. The summed E-state index contributed by atoms with van der Waals surface area (Å²) >= 11 is 0. The number of rotatable bonds is 59. The molecule has 8 N–H and O–H groups in total. The van der Waals surface area contributed by atoms with E-state index in [1.165, 1.54) is 10.6 Å². The van der Waals surface area contributed by atoms with Crippen molar-refractivity contribution >= 4 is 63.9 Å². The number of carbonyl (C=O) groups excluding carboxylic acids is 8. The minimum absolute atomic E-state index is 0.0173. The maximum absolute atomic E-state index is 15.6. The number of fused-ring (bicyclic) bond motifs is 10. The summed E-state index contributed by atoms with van der Waals surface area (Å²) in [5.41, 5.74) is 12.2. The molecule has 7 heterocycles. The number of para-hydroxylation sites is 1. The molecule has 6 aliphatic rings. The number of carbonyl (C=O) groups is 8. The van der Waals surface area contributed by atoms with Gasteiger partial charge in [-0.2, -0.15) is 0 Å². The van der Waals surface area contributed by atoms with Gasteiger partial charge in [0.05, 0.1) is 238 Å². The molecule has 4 aliphatic heterocycles. The SMILES string of the molecule is CCC1(O)C(=O)OCc2c1cc1n(c2=O)Cc2c-1nc1cc(F)c(C)c3c1c2C(NC(=O)CNC(=O)C(CCCCN)NC(=O)C(NC(=O)CCOCCOCCOCCOCCOCCOCCOCCOCCOCCOCCOCCOCCOCCC(=O)N1CC2(CCC(C(=O)NCCC(=O)N4Cc5ccccc5-c5nnn(C)c5-c5ccccc54)CC2)C1)C(C)C)CC3. The largest absolute Gasteiger partial charge is 0.458 e. The third kappa shape index (κ3) is 27.8. The van der Waals surface area contributed by atoms with Crippen LogP contribution in [0.3, 0.4) is 0 Å². The van der Waals surface area contributed by atoms with Crippen molar-refractivity contribution in [1.82, 2.24) is 56.0 Å². The van der Waals surface area contributed by atoms with Gasteiger partial charge in [0.2, 0.25) is 41.4 Å². The molecule has 3 aromatic heterocycles. The second-order valence-electron chi connectivity index (χ2n) is 34.4. The molecule has 2 aliphatic carbocycles. The van der Waals surface area contributed by atoms with Gasteiger partial charge < -0.3 is 118 Å². The highest BCUT2D eigenvalue weighted by atomic mass is 19.1. The first-order valence-electron chi connectivity index (χ1n) is 46.7. The van der Waals surface area contributed by atoms with Crippen molar-refractivity contribution < 1.29 is 114 Å². The van der Waals surface area contributed by atoms with Gasteiger partial charge in [-0.1, -0.05) is 68.4 Å². The van der Waals surface area contributed by atoms with Crippen LogP contribution in [0.1, 0.15) is 143 Å². The lowest BCUT2D eigenvalue weighted by Gasteiger charge is -2.53. The predicted octanol–water partition coefficient (Wildman–Crippen LogP) is 5.03. The summed E-state index contributed by atoms with van der Waals surface area (Å²) in [6.07, 6.45) is 5.63. The van der Waals surface area contributed by atoms with Crippen molar-refractivity contribution in [3.63, 3.8) is 0 Å². The summed E-state index contributed by atoms with van der Waals surface area (Å²) in [4.78, 5) is 131. The molecule has 4 atom stereocenters. The monoisotopic (exact) mass is 1860 g/mol. The van der Waals surface area contributed by atoms with E-state index in [-0.39, 0.29) is 111 Å². The molecule has 728 valence electrons. The third-order valence-electron chi connectivity index (χ3n) is 25.0. The normalized spacial score (nSPS) is 16.8. The lowest BCUT2D eigenvalue weighted by atomic mass is 9.65. The van der Waals surface area contributed by atoms with Gasteiger partial charge in [0, 0.05) is 84.6 Å². The molecule has 1 saturated carbocycles. The van der Waals surface area contributed by atoms with E-state index in [0.29, 0.717) is 249 Å². The standard InChI is InChI=1S/C95H132FN13O24/c1-6-95(119)72-55-78-86-70(59-109(78)92(117)71(72)60-133-93(95)118)84-74(19-18-67-64(4)73(96)56-76(101-86)83(67)84)100-80(111)57-99-90(115)75(16-11-12-27-97)102-91(116)85(63(2)3)103-79(110)23-29-120-31-33-122-35-37-124-39-41-126-43-45-128-47-49-130-51-53-132-54-52-131-50-48-129-46-44-127-42-40-125-38-36-123-34-32-121-30-24-81(112)107-61-94(62-107)25-20-65(21-26-94)89(114)98-28-22-82(113)108-58-66-13-7-8-14-68(66)87-88(106(5)105-104-87)69-15-9-10-17-77(69)108/h7-10,13-15,17,55-56,63,65,74-75,85,119H,6,11-12,16,18-54,57-62,97H2,1-5H3,(H,98,114)(H,99,115)(H,100,111)(H,102,116)(H,103,110). The Morgan fingerprint density at radius 3 is 1.73 bits per heavy atom. The Morgan fingerprint density at radius 1 is 0.617 bits per heavy atom. The number of likely N-dealkylation sites (tertiary alicyclic amines) is 1. The quantitative estimate of drug-likeness (QED) is 0.0194. The van der Waals surface area contributed by atoms with Crippen molar-refractivity contribution in [3.05, 3.63) is 116 Å². The van der Waals surface area contributed by atoms with Gasteiger partial charge in [-0.15, -0.1) is 5.10 Å². The van der Waals surface area contributed by atoms with Gasteiger partial charge in [-0.05, 0) is 118 Å². The molecular weight excluding hydrogens is 1730 g/mol. The molecule has 1 spiro atoms. The first kappa shape index (κ1) is 102. The van der Waals surface area contributed by atoms with Gasteiger partial charge in [0.1, 0.15) is 30.2 Å². The zero-order valence-electron chi connectivity index (χ0n) is 77.3. The summed E-state index contributed by atoms with van der Waals surface area (Å²) < 4.78 is 96.7. The number of benzene rings is 3. The predicted molar refractivity (Wildman–Crippen MR) is 485 cm³/mol. The number of nitrogens with two attached hydrogens (primary N) is 1. The number of nitrogens with one attached hydrogen (secondary N) is 5. The first-order chi connectivity index (χ1) is 64.6. The Hall–Kier alpha value is -9.75. The molecule has 12 rings (SSSR count). The van der Waals surface area contributed by atoms with E-state index in [0.717, 1.165) is 65.0 Å². The highest BCUT2D eigenvalue weighted by Crippen LogP contribution is 2.49. The lowest BCUT2D eigenvalue weighted by molar-refractivity contribution is -0.172. The number of hydrogen-bond acceptors (Lipinski definition) is 28. The van der Waals surface area contributed by atoms with E-state index < -0.39 is 71.2 Å². The van der Waals surface area contributed by atoms with Crippen LogP contribution in [-0.4, -0.2) is 298 Å². The zero-order valence-corrected chi connectivity index (χ0v) is 77.3. The Labute approximate surface area is 774 Å². The van der Waals surface area contributed by atoms with Crippen molar-refractivity contribution in [1.29, 1.82) is 0 Å². The van der Waals surface area contributed by atoms with Crippen molar-refractivity contribution in [2.24, 2.45) is 30.0 Å². The molecule has 1 saturated heterocycles. The number of amides is 7. The van der Waals surface area contributed by atoms with Gasteiger partial charge >= 0.3 is 5.97 Å². The number of aliphatic hydroxyl groups is 1. The molecule has 3 aromatic carbocycles. The summed E-state index contributed by atoms with van der Waals surface area (Å²) in [7, 11) is 1.86. The molecule has 38 heteroatoms. The first-order valence-corrected chi connectivity index (χ1v) is 46.7. The van der Waals surface area contributed by atoms with Crippen LogP contribution in [0.4, 0.5) is 10.1 Å². The lowest BCUT2D eigenvalue weighted by Crippen LogP contribution is -2.60. The van der Waals surface area contributed by atoms with E-state index in [2.05, 4.69) is 36.9 Å². The van der Waals surface area contributed by atoms with E-state index >= 15 is 4.39 Å². The van der Waals surface area contributed by atoms with Crippen molar-refractivity contribution in [2.75, 3.05) is 209 Å². The van der Waals surface area contributed by atoms with Crippen LogP contribution in [-0.2, 0) is 143 Å². The number of ether oxygens (including phenoxy) is 14. The topological polar surface area (TPSA) is 444 Å². The molecule has 0 bridgehead atoms. The number of aromatic nitrogens is 5. The number of aryl methyl sites for hydroxylation is 2. The third-order valence-corrected chi connectivity index (χ3v) is 25.0. The maximum atomic E-state index is 15.6. The molecule has 2 fully saturated rings. The van der Waals surface area contributed by atoms with Crippen LogP contribution in [0.15, 0.2) is 65.5 Å². The van der Waals surface area contributed by atoms with E-state index in [1.807, 2.05) is 60.5 Å². The summed E-state index contributed by atoms with van der Waals surface area (Å²) in [6, 6.07) is 15.9. The fourth-order valence-corrected chi connectivity index (χ4v) is 17.7. The van der Waals surface area contributed by atoms with Crippen LogP contribution < -0.4 is 42.8 Å². The van der Waals surface area contributed by atoms with Crippen molar-refractivity contribution in [2.45, 2.75) is 155 Å². The van der Waals surface area contributed by atoms with Gasteiger partial charge in [-0.25, -0.2) is 18.9 Å². The van der Waals surface area contributed by atoms with Gasteiger partial charge in [0.25, 0.3) is 5.56 Å². The summed E-state index contributed by atoms with van der Waals surface area (Å²) in [5, 5.41) is 35.3. The van der Waals surface area contributed by atoms with Crippen LogP contribution in [0.25, 0.3) is 44.8 Å². The number of unbranched alkanes of at least 4 members (excludes halogenated alkanes) is 1. The average Bonchev–Trinajstić information content (AvgIpc) is 1.57. The molecule has 37 nitrogen and oxygen atoms in total. The number of nitrogens with zero attached hydrogens (tertiary/aromatic N) is 7. The summed E-state index contributed by atoms with van der Waals surface area (Å²) in [6.45, 7) is 18.3. The van der Waals surface area contributed by atoms with Crippen LogP contribution >= 0.6 is 0 Å². The van der Waals surface area contributed by atoms with Crippen molar-refractivity contribution in [3.8, 4) is 33.9 Å². The summed E-state index contributed by atoms with van der Waals surface area (Å²) in [5.74, 6) is -4.04. The van der Waals surface area contributed by atoms with E-state index in [4.69, 9.17) is 77.0 Å². The number of esters is 1. The number of cyclic esters (lactones) is 1. The van der Waals surface area contributed by atoms with Gasteiger partial charge in [0.15, 0.2) is 5.60 Å². The Balaban J connectivity index is 0.392. The second-order valence-corrected chi connectivity index (χ2v) is 34.4. The van der Waals surface area contributed by atoms with E-state index in [1.54, 1.807) is 43.3 Å². The fourth-order valence-electron chi connectivity index (χ4n) is 17.7. The van der Waals surface area contributed by atoms with Crippen LogP contribution in [0.5, 0.6) is 0 Å². The zero-order chi connectivity index (χ0) is 94.1. The number of anilines is 1. The molecule has 133 heavy (non-hydrogen) atoms. The number of hydrogen-bond donors (Lipinski definition) is 7. The minimum atomic E-state index is -2.06. The van der Waals surface area contributed by atoms with E-state index in [9.17, 15) is 48.3 Å². The molecule has 0 radical (unpaired) electrons. The number of halogens is 1. The Morgan fingerprint density at radius 2 is 1.17 bits per heavy atom. The van der Waals surface area contributed by atoms with Crippen LogP contribution in [0, 0.1) is 30.0 Å². The molecular formula is C95H132FN13O24. The molecule has 7 amide bonds. The fraction of sp³-hybridized carbons (Fsp3) is 0.621. The number of pyridine rings is 2. The molecule has 4 unspecified atom stereocenters. The minimum Gasteiger partial charge on any atom is -0.458 e. The smallest absolute Gasteiger partial charge is 0.343 e. The molecule has 6 aromatic rings. The maximum Gasteiger partial charge on any atom is 0.343 e.